The first-order chi connectivity index (χ1) is 14.9. The average molecular weight is 438 g/mol. The molecular weight excluding hydrogens is 422 g/mol. The van der Waals surface area contributed by atoms with Crippen LogP contribution in [0.5, 0.6) is 5.75 Å². The molecule has 4 rings (SSSR count). The number of aromatic nitrogens is 1. The predicted molar refractivity (Wildman–Crippen MR) is 117 cm³/mol. The Morgan fingerprint density at radius 2 is 1.97 bits per heavy atom. The number of nitrogens with one attached hydrogen (secondary N) is 1. The third-order valence-corrected chi connectivity index (χ3v) is 4.97. The Morgan fingerprint density at radius 3 is 2.71 bits per heavy atom. The minimum absolute atomic E-state index is 0.0628. The number of aryl methyl sites for hydroxylation is 1. The van der Waals surface area contributed by atoms with Crippen molar-refractivity contribution in [2.45, 2.75) is 6.92 Å². The number of anilines is 1. The fourth-order valence-corrected chi connectivity index (χ4v) is 3.25. The highest BCUT2D eigenvalue weighted by atomic mass is 35.5. The van der Waals surface area contributed by atoms with Crippen LogP contribution in [-0.4, -0.2) is 22.9 Å². The van der Waals surface area contributed by atoms with Crippen LogP contribution in [0.15, 0.2) is 59.0 Å². The fraction of sp³-hybridized carbons (Fsp3) is 0.0909. The molecule has 0 aliphatic rings. The van der Waals surface area contributed by atoms with Gasteiger partial charge in [0.1, 0.15) is 5.52 Å². The lowest BCUT2D eigenvalue weighted by Gasteiger charge is -2.09. The van der Waals surface area contributed by atoms with Crippen LogP contribution in [0.4, 0.5) is 11.4 Å². The number of nitrogens with zero attached hydrogens (tertiary/aromatic N) is 2. The van der Waals surface area contributed by atoms with Gasteiger partial charge in [0.05, 0.1) is 22.7 Å². The van der Waals surface area contributed by atoms with Crippen molar-refractivity contribution in [3.05, 3.63) is 80.9 Å². The summed E-state index contributed by atoms with van der Waals surface area (Å²) in [7, 11) is 1.32. The van der Waals surface area contributed by atoms with Crippen LogP contribution in [0.2, 0.25) is 5.02 Å². The van der Waals surface area contributed by atoms with E-state index in [4.69, 9.17) is 20.8 Å². The molecule has 0 radical (unpaired) electrons. The fourth-order valence-electron chi connectivity index (χ4n) is 3.08. The number of nitro groups is 1. The topological polar surface area (TPSA) is 108 Å². The number of benzene rings is 3. The Kier molecular flexibility index (Phi) is 5.31. The Bertz CT molecular complexity index is 1330. The van der Waals surface area contributed by atoms with Crippen LogP contribution >= 0.6 is 11.6 Å². The lowest BCUT2D eigenvalue weighted by molar-refractivity contribution is -0.385. The highest BCUT2D eigenvalue weighted by molar-refractivity contribution is 6.34. The smallest absolute Gasteiger partial charge is 0.311 e. The number of halogens is 1. The molecule has 0 saturated carbocycles. The molecule has 8 nitrogen and oxygen atoms in total. The molecule has 1 aromatic heterocycles. The number of fused-ring (bicyclic) bond motifs is 1. The number of hydrogen-bond acceptors (Lipinski definition) is 6. The molecule has 0 saturated heterocycles. The van der Waals surface area contributed by atoms with Gasteiger partial charge in [-0.1, -0.05) is 17.7 Å². The summed E-state index contributed by atoms with van der Waals surface area (Å²) in [6.07, 6.45) is 0. The minimum atomic E-state index is -0.613. The molecule has 0 atom stereocenters. The van der Waals surface area contributed by atoms with Crippen molar-refractivity contribution in [2.24, 2.45) is 0 Å². The maximum absolute atomic E-state index is 12.7. The summed E-state index contributed by atoms with van der Waals surface area (Å²) in [6, 6.07) is 14.6. The Hall–Kier alpha value is -3.91. The number of carbonyl (C=O) groups excluding carboxylic acids is 1. The summed E-state index contributed by atoms with van der Waals surface area (Å²) >= 11 is 6.25. The van der Waals surface area contributed by atoms with Gasteiger partial charge in [0.2, 0.25) is 5.89 Å². The maximum Gasteiger partial charge on any atom is 0.311 e. The van der Waals surface area contributed by atoms with Crippen molar-refractivity contribution in [3.63, 3.8) is 0 Å². The van der Waals surface area contributed by atoms with Gasteiger partial charge in [-0.05, 0) is 55.0 Å². The van der Waals surface area contributed by atoms with Crippen molar-refractivity contribution < 1.29 is 18.9 Å². The molecule has 0 aliphatic carbocycles. The van der Waals surface area contributed by atoms with E-state index >= 15 is 0 Å². The molecule has 31 heavy (non-hydrogen) atoms. The zero-order chi connectivity index (χ0) is 22.1. The normalized spacial score (nSPS) is 10.8. The average Bonchev–Trinajstić information content (AvgIpc) is 3.17. The van der Waals surface area contributed by atoms with Gasteiger partial charge in [0, 0.05) is 17.2 Å². The van der Waals surface area contributed by atoms with Gasteiger partial charge in [0.15, 0.2) is 11.3 Å². The molecular formula is C22H16ClN3O5. The van der Waals surface area contributed by atoms with E-state index in [1.807, 2.05) is 25.1 Å². The number of amides is 1. The molecule has 0 aliphatic heterocycles. The number of methoxy groups -OCH3 is 1. The van der Waals surface area contributed by atoms with E-state index in [0.29, 0.717) is 27.7 Å². The molecule has 0 unspecified atom stereocenters. The zero-order valence-corrected chi connectivity index (χ0v) is 17.3. The second kappa shape index (κ2) is 8.08. The second-order valence-electron chi connectivity index (χ2n) is 6.78. The van der Waals surface area contributed by atoms with Crippen molar-refractivity contribution in [2.75, 3.05) is 12.4 Å². The summed E-state index contributed by atoms with van der Waals surface area (Å²) in [5.74, 6) is -0.112. The molecule has 1 heterocycles. The van der Waals surface area contributed by atoms with Gasteiger partial charge in [-0.3, -0.25) is 14.9 Å². The minimum Gasteiger partial charge on any atom is -0.490 e. The lowest BCUT2D eigenvalue weighted by Crippen LogP contribution is -2.12. The number of nitro benzene ring substituents is 1. The van der Waals surface area contributed by atoms with Crippen molar-refractivity contribution >= 4 is 40.0 Å². The van der Waals surface area contributed by atoms with E-state index in [2.05, 4.69) is 10.3 Å². The maximum atomic E-state index is 12.7. The van der Waals surface area contributed by atoms with Gasteiger partial charge >= 0.3 is 5.69 Å². The number of hydrogen-bond donors (Lipinski definition) is 1. The van der Waals surface area contributed by atoms with Crippen molar-refractivity contribution in [1.82, 2.24) is 4.98 Å². The molecule has 0 fully saturated rings. The Morgan fingerprint density at radius 1 is 1.16 bits per heavy atom. The van der Waals surface area contributed by atoms with E-state index in [1.165, 1.54) is 19.2 Å². The number of carbonyl (C=O) groups is 1. The van der Waals surface area contributed by atoms with Crippen LogP contribution < -0.4 is 10.1 Å². The van der Waals surface area contributed by atoms with Gasteiger partial charge in [0.25, 0.3) is 5.91 Å². The molecule has 156 valence electrons. The molecule has 1 amide bonds. The van der Waals surface area contributed by atoms with E-state index in [1.54, 1.807) is 18.2 Å². The van der Waals surface area contributed by atoms with Gasteiger partial charge in [-0.25, -0.2) is 4.98 Å². The summed E-state index contributed by atoms with van der Waals surface area (Å²) in [4.78, 5) is 27.8. The van der Waals surface area contributed by atoms with Gasteiger partial charge < -0.3 is 14.5 Å². The molecule has 4 aromatic rings. The van der Waals surface area contributed by atoms with E-state index in [0.717, 1.165) is 17.1 Å². The van der Waals surface area contributed by atoms with Crippen molar-refractivity contribution in [3.8, 4) is 17.2 Å². The van der Waals surface area contributed by atoms with Gasteiger partial charge in [-0.15, -0.1) is 0 Å². The van der Waals surface area contributed by atoms with E-state index < -0.39 is 10.8 Å². The summed E-state index contributed by atoms with van der Waals surface area (Å²) in [5.41, 5.74) is 3.15. The quantitative estimate of drug-likeness (QED) is 0.320. The van der Waals surface area contributed by atoms with Gasteiger partial charge in [-0.2, -0.15) is 0 Å². The monoisotopic (exact) mass is 437 g/mol. The summed E-state index contributed by atoms with van der Waals surface area (Å²) < 4.78 is 10.8. The third-order valence-electron chi connectivity index (χ3n) is 4.64. The number of rotatable bonds is 5. The number of oxazole rings is 1. The third kappa shape index (κ3) is 4.06. The largest absolute Gasteiger partial charge is 0.490 e. The highest BCUT2D eigenvalue weighted by Gasteiger charge is 2.19. The molecule has 0 bridgehead atoms. The standard InChI is InChI=1S/C22H16ClN3O5/c1-12-3-7-19-17(9-12)25-22(31-19)14-4-6-15(23)16(10-14)24-21(27)13-5-8-20(30-2)18(11-13)26(28)29/h3-11H,1-2H3,(H,24,27). The predicted octanol–water partition coefficient (Wildman–Crippen LogP) is 5.63. The Labute approximate surface area is 181 Å². The first kappa shape index (κ1) is 20.4. The molecule has 1 N–H and O–H groups in total. The first-order valence-corrected chi connectivity index (χ1v) is 9.54. The number of ether oxygens (including phenoxy) is 1. The van der Waals surface area contributed by atoms with E-state index in [-0.39, 0.29) is 17.0 Å². The molecule has 3 aromatic carbocycles. The van der Waals surface area contributed by atoms with Crippen LogP contribution in [-0.2, 0) is 0 Å². The molecule has 0 spiro atoms. The van der Waals surface area contributed by atoms with Crippen molar-refractivity contribution in [1.29, 1.82) is 0 Å². The first-order valence-electron chi connectivity index (χ1n) is 9.16. The Balaban J connectivity index is 1.65. The zero-order valence-electron chi connectivity index (χ0n) is 16.5. The van der Waals surface area contributed by atoms with Crippen LogP contribution in [0.25, 0.3) is 22.6 Å². The van der Waals surface area contributed by atoms with E-state index in [9.17, 15) is 14.9 Å². The SMILES string of the molecule is COc1ccc(C(=O)Nc2cc(-c3nc4cc(C)ccc4o3)ccc2Cl)cc1[N+](=O)[O-]. The highest BCUT2D eigenvalue weighted by Crippen LogP contribution is 2.32. The van der Waals surface area contributed by atoms with Crippen LogP contribution in [0.3, 0.4) is 0 Å². The lowest BCUT2D eigenvalue weighted by atomic mass is 10.1. The summed E-state index contributed by atoms with van der Waals surface area (Å²) in [6.45, 7) is 1.97. The molecule has 9 heteroatoms. The van der Waals surface area contributed by atoms with Crippen LogP contribution in [0, 0.1) is 17.0 Å². The summed E-state index contributed by atoms with van der Waals surface area (Å²) in [5, 5.41) is 14.2. The second-order valence-corrected chi connectivity index (χ2v) is 7.19. The van der Waals surface area contributed by atoms with Crippen LogP contribution in [0.1, 0.15) is 15.9 Å².